The summed E-state index contributed by atoms with van der Waals surface area (Å²) in [7, 11) is 0. The van der Waals surface area contributed by atoms with Gasteiger partial charge in [-0.05, 0) is 36.8 Å². The predicted molar refractivity (Wildman–Crippen MR) is 99.8 cm³/mol. The van der Waals surface area contributed by atoms with Crippen molar-refractivity contribution >= 4 is 11.6 Å². The molecule has 1 unspecified atom stereocenters. The molecule has 3 heterocycles. The topological polar surface area (TPSA) is 71.8 Å². The highest BCUT2D eigenvalue weighted by atomic mass is 16.1. The van der Waals surface area contributed by atoms with E-state index in [2.05, 4.69) is 25.2 Å². The molecule has 0 saturated carbocycles. The Kier molecular flexibility index (Phi) is 4.64. The SMILES string of the molecule is O=C(NC1CCn2ccnc2C1)c1cccc(NCc2ccccn2)c1. The van der Waals surface area contributed by atoms with Crippen LogP contribution in [0.2, 0.25) is 0 Å². The van der Waals surface area contributed by atoms with Gasteiger partial charge < -0.3 is 15.2 Å². The van der Waals surface area contributed by atoms with E-state index in [1.807, 2.05) is 54.9 Å². The third-order valence-corrected chi connectivity index (χ3v) is 4.61. The minimum absolute atomic E-state index is 0.0449. The number of nitrogens with one attached hydrogen (secondary N) is 2. The van der Waals surface area contributed by atoms with Crippen LogP contribution in [0.3, 0.4) is 0 Å². The van der Waals surface area contributed by atoms with E-state index >= 15 is 0 Å². The molecule has 0 fully saturated rings. The maximum atomic E-state index is 12.6. The highest BCUT2D eigenvalue weighted by Gasteiger charge is 2.21. The second-order valence-electron chi connectivity index (χ2n) is 6.46. The van der Waals surface area contributed by atoms with Crippen LogP contribution in [0.4, 0.5) is 5.69 Å². The summed E-state index contributed by atoms with van der Waals surface area (Å²) in [6.07, 6.45) is 7.28. The highest BCUT2D eigenvalue weighted by Crippen LogP contribution is 2.15. The first-order valence-corrected chi connectivity index (χ1v) is 8.82. The molecule has 0 saturated heterocycles. The Morgan fingerprint density at radius 3 is 3.00 bits per heavy atom. The Morgan fingerprint density at radius 1 is 1.15 bits per heavy atom. The number of anilines is 1. The zero-order valence-corrected chi connectivity index (χ0v) is 14.4. The Labute approximate surface area is 152 Å². The maximum Gasteiger partial charge on any atom is 0.251 e. The number of rotatable bonds is 5. The first-order valence-electron chi connectivity index (χ1n) is 8.82. The van der Waals surface area contributed by atoms with Gasteiger partial charge in [0.25, 0.3) is 5.91 Å². The molecule has 0 radical (unpaired) electrons. The van der Waals surface area contributed by atoms with Crippen molar-refractivity contribution in [1.29, 1.82) is 0 Å². The van der Waals surface area contributed by atoms with Crippen molar-refractivity contribution in [2.75, 3.05) is 5.32 Å². The van der Waals surface area contributed by atoms with Crippen molar-refractivity contribution in [2.45, 2.75) is 32.0 Å². The third kappa shape index (κ3) is 3.74. The third-order valence-electron chi connectivity index (χ3n) is 4.61. The number of aromatic nitrogens is 3. The molecule has 4 rings (SSSR count). The van der Waals surface area contributed by atoms with E-state index < -0.39 is 0 Å². The molecule has 0 aliphatic carbocycles. The summed E-state index contributed by atoms with van der Waals surface area (Å²) in [6, 6.07) is 13.5. The lowest BCUT2D eigenvalue weighted by Gasteiger charge is -2.24. The molecule has 6 nitrogen and oxygen atoms in total. The van der Waals surface area contributed by atoms with Crippen molar-refractivity contribution < 1.29 is 4.79 Å². The molecule has 2 N–H and O–H groups in total. The number of imidazole rings is 1. The van der Waals surface area contributed by atoms with Crippen LogP contribution < -0.4 is 10.6 Å². The number of aryl methyl sites for hydroxylation is 1. The minimum atomic E-state index is -0.0449. The Balaban J connectivity index is 1.37. The van der Waals surface area contributed by atoms with Gasteiger partial charge in [0.15, 0.2) is 0 Å². The van der Waals surface area contributed by atoms with Crippen LogP contribution in [0.25, 0.3) is 0 Å². The largest absolute Gasteiger partial charge is 0.379 e. The van der Waals surface area contributed by atoms with Crippen LogP contribution >= 0.6 is 0 Å². The summed E-state index contributed by atoms with van der Waals surface area (Å²) >= 11 is 0. The number of amides is 1. The first-order chi connectivity index (χ1) is 12.8. The summed E-state index contributed by atoms with van der Waals surface area (Å²) in [5, 5.41) is 6.45. The standard InChI is InChI=1S/C20H21N5O/c26-20(24-17-7-10-25-11-9-22-19(25)13-17)15-4-3-6-16(12-15)23-14-18-5-1-2-8-21-18/h1-6,8-9,11-12,17,23H,7,10,13-14H2,(H,24,26). The lowest BCUT2D eigenvalue weighted by Crippen LogP contribution is -2.40. The molecule has 1 amide bonds. The van der Waals surface area contributed by atoms with E-state index in [9.17, 15) is 4.79 Å². The number of nitrogens with zero attached hydrogens (tertiary/aromatic N) is 3. The zero-order chi connectivity index (χ0) is 17.8. The van der Waals surface area contributed by atoms with Gasteiger partial charge in [-0.2, -0.15) is 0 Å². The first kappa shape index (κ1) is 16.3. The second-order valence-corrected chi connectivity index (χ2v) is 6.46. The molecule has 0 spiro atoms. The van der Waals surface area contributed by atoms with E-state index in [4.69, 9.17) is 0 Å². The summed E-state index contributed by atoms with van der Waals surface area (Å²) in [6.45, 7) is 1.52. The number of pyridine rings is 1. The Hall–Kier alpha value is -3.15. The number of hydrogen-bond donors (Lipinski definition) is 2. The fraction of sp³-hybridized carbons (Fsp3) is 0.250. The van der Waals surface area contributed by atoms with Crippen molar-refractivity contribution in [3.8, 4) is 0 Å². The quantitative estimate of drug-likeness (QED) is 0.744. The smallest absolute Gasteiger partial charge is 0.251 e. The van der Waals surface area contributed by atoms with E-state index in [1.165, 1.54) is 0 Å². The molecule has 3 aromatic rings. The Morgan fingerprint density at radius 2 is 2.12 bits per heavy atom. The van der Waals surface area contributed by atoms with Gasteiger partial charge in [-0.25, -0.2) is 4.98 Å². The zero-order valence-electron chi connectivity index (χ0n) is 14.4. The van der Waals surface area contributed by atoms with Crippen LogP contribution in [-0.2, 0) is 19.5 Å². The van der Waals surface area contributed by atoms with Crippen molar-refractivity contribution in [3.63, 3.8) is 0 Å². The summed E-state index contributed by atoms with van der Waals surface area (Å²) in [4.78, 5) is 21.3. The van der Waals surface area contributed by atoms with Gasteiger partial charge in [-0.3, -0.25) is 9.78 Å². The molecule has 1 atom stereocenters. The molecule has 26 heavy (non-hydrogen) atoms. The molecule has 132 valence electrons. The van der Waals surface area contributed by atoms with E-state index in [1.54, 1.807) is 6.20 Å². The van der Waals surface area contributed by atoms with Gasteiger partial charge in [-0.1, -0.05) is 12.1 Å². The van der Waals surface area contributed by atoms with Crippen LogP contribution in [0.1, 0.15) is 28.3 Å². The summed E-state index contributed by atoms with van der Waals surface area (Å²) in [5.74, 6) is 0.990. The van der Waals surface area contributed by atoms with Gasteiger partial charge in [-0.15, -0.1) is 0 Å². The van der Waals surface area contributed by atoms with Crippen molar-refractivity contribution in [1.82, 2.24) is 19.9 Å². The molecular formula is C20H21N5O. The van der Waals surface area contributed by atoms with Gasteiger partial charge in [0.1, 0.15) is 5.82 Å². The van der Waals surface area contributed by atoms with Crippen LogP contribution in [-0.4, -0.2) is 26.5 Å². The van der Waals surface area contributed by atoms with Gasteiger partial charge in [0.2, 0.25) is 0 Å². The monoisotopic (exact) mass is 347 g/mol. The average molecular weight is 347 g/mol. The maximum absolute atomic E-state index is 12.6. The normalized spacial score (nSPS) is 15.9. The fourth-order valence-corrected chi connectivity index (χ4v) is 3.21. The molecule has 6 heteroatoms. The number of fused-ring (bicyclic) bond motifs is 1. The average Bonchev–Trinajstić information content (AvgIpc) is 3.15. The van der Waals surface area contributed by atoms with Crippen LogP contribution in [0, 0.1) is 0 Å². The lowest BCUT2D eigenvalue weighted by molar-refractivity contribution is 0.0930. The molecule has 1 aromatic carbocycles. The Bertz CT molecular complexity index is 890. The van der Waals surface area contributed by atoms with E-state index in [-0.39, 0.29) is 11.9 Å². The minimum Gasteiger partial charge on any atom is -0.379 e. The van der Waals surface area contributed by atoms with Crippen LogP contribution in [0.15, 0.2) is 61.1 Å². The predicted octanol–water partition coefficient (Wildman–Crippen LogP) is 2.64. The van der Waals surface area contributed by atoms with Gasteiger partial charge in [0.05, 0.1) is 12.2 Å². The molecule has 2 aromatic heterocycles. The van der Waals surface area contributed by atoms with Gasteiger partial charge >= 0.3 is 0 Å². The summed E-state index contributed by atoms with van der Waals surface area (Å²) in [5.41, 5.74) is 2.52. The van der Waals surface area contributed by atoms with Crippen LogP contribution in [0.5, 0.6) is 0 Å². The van der Waals surface area contributed by atoms with Crippen molar-refractivity contribution in [2.24, 2.45) is 0 Å². The molecular weight excluding hydrogens is 326 g/mol. The summed E-state index contributed by atoms with van der Waals surface area (Å²) < 4.78 is 2.14. The molecule has 1 aliphatic heterocycles. The number of hydrogen-bond acceptors (Lipinski definition) is 4. The van der Waals surface area contributed by atoms with E-state index in [0.717, 1.165) is 36.6 Å². The highest BCUT2D eigenvalue weighted by molar-refractivity contribution is 5.95. The fourth-order valence-electron chi connectivity index (χ4n) is 3.21. The van der Waals surface area contributed by atoms with E-state index in [0.29, 0.717) is 12.1 Å². The molecule has 1 aliphatic rings. The number of carbonyl (C=O) groups is 1. The number of carbonyl (C=O) groups excluding carboxylic acids is 1. The lowest BCUT2D eigenvalue weighted by atomic mass is 10.1. The number of benzene rings is 1. The second kappa shape index (κ2) is 7.39. The molecule has 0 bridgehead atoms. The van der Waals surface area contributed by atoms with Gasteiger partial charge in [0, 0.05) is 48.8 Å². The van der Waals surface area contributed by atoms with Crippen molar-refractivity contribution in [3.05, 3.63) is 78.1 Å².